The molecule has 0 bridgehead atoms. The second kappa shape index (κ2) is 8.28. The Bertz CT molecular complexity index is 464. The summed E-state index contributed by atoms with van der Waals surface area (Å²) in [7, 11) is 0. The summed E-state index contributed by atoms with van der Waals surface area (Å²) in [5.41, 5.74) is 0.996. The number of rotatable bonds is 7. The monoisotopic (exact) mass is 311 g/mol. The van der Waals surface area contributed by atoms with E-state index >= 15 is 0 Å². The highest BCUT2D eigenvalue weighted by Gasteiger charge is 2.19. The van der Waals surface area contributed by atoms with Crippen LogP contribution in [0.15, 0.2) is 18.2 Å². The second-order valence-electron chi connectivity index (χ2n) is 5.85. The molecule has 1 aromatic rings. The van der Waals surface area contributed by atoms with Gasteiger partial charge in [-0.15, -0.1) is 0 Å². The third-order valence-electron chi connectivity index (χ3n) is 3.33. The van der Waals surface area contributed by atoms with Gasteiger partial charge in [0.25, 0.3) is 0 Å². The van der Waals surface area contributed by atoms with Gasteiger partial charge in [0.1, 0.15) is 5.75 Å². The Hall–Kier alpha value is -1.22. The summed E-state index contributed by atoms with van der Waals surface area (Å²) in [6, 6.07) is 6.07. The van der Waals surface area contributed by atoms with Gasteiger partial charge in [-0.3, -0.25) is 4.79 Å². The summed E-state index contributed by atoms with van der Waals surface area (Å²) in [5.74, 6) is 0.991. The standard InChI is InChI=1S/C17H26ClNO2/c1-12(2)19(13(3)4)17(20)7-6-10-21-15-8-9-16(18)14(5)11-15/h8-9,11-13H,6-7,10H2,1-5H3. The first kappa shape index (κ1) is 17.8. The van der Waals surface area contributed by atoms with E-state index in [1.54, 1.807) is 0 Å². The van der Waals surface area contributed by atoms with E-state index < -0.39 is 0 Å². The molecule has 1 amide bonds. The maximum atomic E-state index is 12.2. The van der Waals surface area contributed by atoms with Crippen molar-refractivity contribution in [2.45, 2.75) is 59.5 Å². The minimum atomic E-state index is 0.191. The van der Waals surface area contributed by atoms with Crippen LogP contribution in [0.2, 0.25) is 5.02 Å². The van der Waals surface area contributed by atoms with Crippen molar-refractivity contribution in [3.63, 3.8) is 0 Å². The number of carbonyl (C=O) groups excluding carboxylic acids is 1. The van der Waals surface area contributed by atoms with Crippen molar-refractivity contribution in [2.24, 2.45) is 0 Å². The lowest BCUT2D eigenvalue weighted by atomic mass is 10.2. The molecular weight excluding hydrogens is 286 g/mol. The van der Waals surface area contributed by atoms with Crippen molar-refractivity contribution in [1.29, 1.82) is 0 Å². The number of nitrogens with zero attached hydrogens (tertiary/aromatic N) is 1. The van der Waals surface area contributed by atoms with Gasteiger partial charge in [0.2, 0.25) is 5.91 Å². The van der Waals surface area contributed by atoms with E-state index in [2.05, 4.69) is 0 Å². The fourth-order valence-electron chi connectivity index (χ4n) is 2.42. The van der Waals surface area contributed by atoms with Gasteiger partial charge < -0.3 is 9.64 Å². The minimum Gasteiger partial charge on any atom is -0.494 e. The van der Waals surface area contributed by atoms with E-state index in [4.69, 9.17) is 16.3 Å². The normalized spacial score (nSPS) is 11.0. The van der Waals surface area contributed by atoms with E-state index in [9.17, 15) is 4.79 Å². The first-order valence-electron chi connectivity index (χ1n) is 7.53. The van der Waals surface area contributed by atoms with Gasteiger partial charge >= 0.3 is 0 Å². The number of ether oxygens (including phenoxy) is 1. The van der Waals surface area contributed by atoms with E-state index in [1.165, 1.54) is 0 Å². The molecular formula is C17H26ClNO2. The summed E-state index contributed by atoms with van der Waals surface area (Å²) < 4.78 is 5.66. The Labute approximate surface area is 133 Å². The van der Waals surface area contributed by atoms with Crippen LogP contribution in [0, 0.1) is 6.92 Å². The number of hydrogen-bond donors (Lipinski definition) is 0. The molecule has 0 fully saturated rings. The Morgan fingerprint density at radius 3 is 2.38 bits per heavy atom. The fraction of sp³-hybridized carbons (Fsp3) is 0.588. The molecule has 0 unspecified atom stereocenters. The molecule has 0 saturated heterocycles. The molecule has 0 aliphatic heterocycles. The smallest absolute Gasteiger partial charge is 0.223 e. The van der Waals surface area contributed by atoms with E-state index in [-0.39, 0.29) is 18.0 Å². The zero-order chi connectivity index (χ0) is 16.0. The van der Waals surface area contributed by atoms with Crippen molar-refractivity contribution in [3.8, 4) is 5.75 Å². The zero-order valence-corrected chi connectivity index (χ0v) is 14.4. The van der Waals surface area contributed by atoms with Crippen molar-refractivity contribution < 1.29 is 9.53 Å². The molecule has 118 valence electrons. The zero-order valence-electron chi connectivity index (χ0n) is 13.6. The van der Waals surface area contributed by atoms with Gasteiger partial charge in [-0.05, 0) is 64.8 Å². The number of aryl methyl sites for hydroxylation is 1. The van der Waals surface area contributed by atoms with Crippen LogP contribution < -0.4 is 4.74 Å². The highest BCUT2D eigenvalue weighted by Crippen LogP contribution is 2.21. The molecule has 0 aliphatic carbocycles. The molecule has 4 heteroatoms. The quantitative estimate of drug-likeness (QED) is 0.696. The van der Waals surface area contributed by atoms with Gasteiger partial charge in [0.15, 0.2) is 0 Å². The molecule has 0 aliphatic rings. The molecule has 0 atom stereocenters. The van der Waals surface area contributed by atoms with Crippen LogP contribution in [0.3, 0.4) is 0 Å². The van der Waals surface area contributed by atoms with Crippen LogP contribution in [0.25, 0.3) is 0 Å². The van der Waals surface area contributed by atoms with Crippen molar-refractivity contribution in [1.82, 2.24) is 4.90 Å². The van der Waals surface area contributed by atoms with Gasteiger partial charge in [-0.1, -0.05) is 11.6 Å². The topological polar surface area (TPSA) is 29.5 Å². The predicted octanol–water partition coefficient (Wildman–Crippen LogP) is 4.45. The molecule has 0 spiro atoms. The number of amides is 1. The largest absolute Gasteiger partial charge is 0.494 e. The van der Waals surface area contributed by atoms with Gasteiger partial charge in [-0.2, -0.15) is 0 Å². The summed E-state index contributed by atoms with van der Waals surface area (Å²) in [4.78, 5) is 14.1. The van der Waals surface area contributed by atoms with Crippen LogP contribution in [-0.4, -0.2) is 29.5 Å². The van der Waals surface area contributed by atoms with Crippen LogP contribution in [0.4, 0.5) is 0 Å². The summed E-state index contributed by atoms with van der Waals surface area (Å²) in [6.07, 6.45) is 1.24. The Morgan fingerprint density at radius 1 is 1.24 bits per heavy atom. The number of carbonyl (C=O) groups is 1. The van der Waals surface area contributed by atoms with Crippen LogP contribution in [-0.2, 0) is 4.79 Å². The average Bonchev–Trinajstić information content (AvgIpc) is 2.38. The molecule has 0 radical (unpaired) electrons. The molecule has 3 nitrogen and oxygen atoms in total. The van der Waals surface area contributed by atoms with E-state index in [1.807, 2.05) is 57.7 Å². The van der Waals surface area contributed by atoms with Gasteiger partial charge in [0.05, 0.1) is 6.61 Å². The molecule has 0 heterocycles. The third kappa shape index (κ3) is 5.58. The van der Waals surface area contributed by atoms with Crippen molar-refractivity contribution in [2.75, 3.05) is 6.61 Å². The average molecular weight is 312 g/mol. The highest BCUT2D eigenvalue weighted by molar-refractivity contribution is 6.31. The van der Waals surface area contributed by atoms with Gasteiger partial charge in [0, 0.05) is 23.5 Å². The third-order valence-corrected chi connectivity index (χ3v) is 3.76. The Balaban J connectivity index is 2.39. The predicted molar refractivity (Wildman–Crippen MR) is 88.0 cm³/mol. The molecule has 21 heavy (non-hydrogen) atoms. The molecule has 0 aromatic heterocycles. The second-order valence-corrected chi connectivity index (χ2v) is 6.26. The lowest BCUT2D eigenvalue weighted by Crippen LogP contribution is -2.42. The Kier molecular flexibility index (Phi) is 7.03. The SMILES string of the molecule is Cc1cc(OCCCC(=O)N(C(C)C)C(C)C)ccc1Cl. The maximum Gasteiger partial charge on any atom is 0.223 e. The first-order valence-corrected chi connectivity index (χ1v) is 7.90. The lowest BCUT2D eigenvalue weighted by Gasteiger charge is -2.30. The maximum absolute atomic E-state index is 12.2. The Morgan fingerprint density at radius 2 is 1.86 bits per heavy atom. The molecule has 1 aromatic carbocycles. The molecule has 1 rings (SSSR count). The fourth-order valence-corrected chi connectivity index (χ4v) is 2.54. The van der Waals surface area contributed by atoms with Crippen LogP contribution in [0.1, 0.15) is 46.1 Å². The van der Waals surface area contributed by atoms with E-state index in [0.717, 1.165) is 22.8 Å². The summed E-state index contributed by atoms with van der Waals surface area (Å²) in [6.45, 7) is 10.7. The van der Waals surface area contributed by atoms with E-state index in [0.29, 0.717) is 13.0 Å². The summed E-state index contributed by atoms with van der Waals surface area (Å²) >= 11 is 5.97. The molecule has 0 N–H and O–H groups in total. The first-order chi connectivity index (χ1) is 9.82. The van der Waals surface area contributed by atoms with Crippen LogP contribution in [0.5, 0.6) is 5.75 Å². The molecule has 0 saturated carbocycles. The van der Waals surface area contributed by atoms with Gasteiger partial charge in [-0.25, -0.2) is 0 Å². The van der Waals surface area contributed by atoms with Crippen LogP contribution >= 0.6 is 11.6 Å². The minimum absolute atomic E-state index is 0.191. The van der Waals surface area contributed by atoms with Crippen molar-refractivity contribution in [3.05, 3.63) is 28.8 Å². The summed E-state index contributed by atoms with van der Waals surface area (Å²) in [5, 5.41) is 0.738. The number of benzene rings is 1. The number of halogens is 1. The highest BCUT2D eigenvalue weighted by atomic mass is 35.5. The lowest BCUT2D eigenvalue weighted by molar-refractivity contribution is -0.135. The number of hydrogen-bond acceptors (Lipinski definition) is 2. The van der Waals surface area contributed by atoms with Crippen molar-refractivity contribution >= 4 is 17.5 Å².